The van der Waals surface area contributed by atoms with Gasteiger partial charge in [0.1, 0.15) is 0 Å². The summed E-state index contributed by atoms with van der Waals surface area (Å²) in [6.45, 7) is 8.07. The fourth-order valence-electron chi connectivity index (χ4n) is 1.47. The van der Waals surface area contributed by atoms with Crippen LogP contribution in [0.25, 0.3) is 0 Å². The second kappa shape index (κ2) is 9.03. The Morgan fingerprint density at radius 3 is 2.72 bits per heavy atom. The van der Waals surface area contributed by atoms with Gasteiger partial charge in [-0.05, 0) is 24.1 Å². The van der Waals surface area contributed by atoms with Crippen LogP contribution in [0, 0.1) is 5.92 Å². The lowest BCUT2D eigenvalue weighted by atomic mass is 10.2. The van der Waals surface area contributed by atoms with Crippen LogP contribution in [0.5, 0.6) is 0 Å². The summed E-state index contributed by atoms with van der Waals surface area (Å²) >= 11 is 0. The minimum Gasteiger partial charge on any atom is -0.382 e. The molecular weight excluding hydrogens is 228 g/mol. The van der Waals surface area contributed by atoms with Crippen LogP contribution in [0.1, 0.15) is 25.1 Å². The molecule has 18 heavy (non-hydrogen) atoms. The minimum absolute atomic E-state index is 0.545. The van der Waals surface area contributed by atoms with E-state index in [-0.39, 0.29) is 0 Å². The van der Waals surface area contributed by atoms with Crippen molar-refractivity contribution in [3.63, 3.8) is 0 Å². The first kappa shape index (κ1) is 15.1. The molecule has 0 aliphatic rings. The summed E-state index contributed by atoms with van der Waals surface area (Å²) < 4.78 is 10.3. The van der Waals surface area contributed by atoms with Crippen molar-refractivity contribution < 1.29 is 9.47 Å². The zero-order valence-electron chi connectivity index (χ0n) is 11.6. The van der Waals surface area contributed by atoms with Crippen LogP contribution >= 0.6 is 0 Å². The molecule has 0 fully saturated rings. The minimum atomic E-state index is 0.545. The normalized spacial score (nSPS) is 11.1. The predicted molar refractivity (Wildman–Crippen MR) is 72.3 cm³/mol. The number of ether oxygens (including phenoxy) is 2. The number of nitrogens with zero attached hydrogens (tertiary/aromatic N) is 1. The second-order valence-electron chi connectivity index (χ2n) is 4.73. The lowest BCUT2D eigenvalue weighted by Crippen LogP contribution is -2.19. The Morgan fingerprint density at radius 1 is 1.28 bits per heavy atom. The van der Waals surface area contributed by atoms with E-state index >= 15 is 0 Å². The van der Waals surface area contributed by atoms with Gasteiger partial charge in [-0.3, -0.25) is 4.98 Å². The molecule has 0 aliphatic heterocycles. The SMILES string of the molecule is COCCOCc1ccc(CNCC(C)C)cn1. The van der Waals surface area contributed by atoms with Gasteiger partial charge in [0, 0.05) is 19.9 Å². The van der Waals surface area contributed by atoms with E-state index in [9.17, 15) is 0 Å². The summed E-state index contributed by atoms with van der Waals surface area (Å²) in [5.74, 6) is 0.673. The third-order valence-corrected chi connectivity index (χ3v) is 2.45. The molecule has 0 unspecified atom stereocenters. The van der Waals surface area contributed by atoms with Crippen LogP contribution in [-0.2, 0) is 22.6 Å². The van der Waals surface area contributed by atoms with E-state index in [0.29, 0.717) is 25.7 Å². The highest BCUT2D eigenvalue weighted by atomic mass is 16.5. The molecule has 0 saturated carbocycles. The lowest BCUT2D eigenvalue weighted by molar-refractivity contribution is 0.0602. The largest absolute Gasteiger partial charge is 0.382 e. The number of hydrogen-bond acceptors (Lipinski definition) is 4. The monoisotopic (exact) mass is 252 g/mol. The molecule has 0 spiro atoms. The van der Waals surface area contributed by atoms with Crippen LogP contribution in [0.15, 0.2) is 18.3 Å². The standard InChI is InChI=1S/C14H24N2O2/c1-12(2)8-15-9-13-4-5-14(16-10-13)11-18-7-6-17-3/h4-5,10,12,15H,6-9,11H2,1-3H3. The van der Waals surface area contributed by atoms with Gasteiger partial charge in [-0.25, -0.2) is 0 Å². The number of pyridine rings is 1. The molecule has 0 radical (unpaired) electrons. The average Bonchev–Trinajstić information content (AvgIpc) is 2.36. The maximum Gasteiger partial charge on any atom is 0.0889 e. The van der Waals surface area contributed by atoms with Crippen LogP contribution in [0.3, 0.4) is 0 Å². The topological polar surface area (TPSA) is 43.4 Å². The molecule has 0 bridgehead atoms. The zero-order chi connectivity index (χ0) is 13.2. The van der Waals surface area contributed by atoms with Crippen molar-refractivity contribution in [1.29, 1.82) is 0 Å². The Morgan fingerprint density at radius 2 is 2.11 bits per heavy atom. The lowest BCUT2D eigenvalue weighted by Gasteiger charge is -2.08. The quantitative estimate of drug-likeness (QED) is 0.683. The van der Waals surface area contributed by atoms with Crippen LogP contribution in [0.4, 0.5) is 0 Å². The molecule has 0 aliphatic carbocycles. The first-order chi connectivity index (χ1) is 8.72. The van der Waals surface area contributed by atoms with E-state index in [1.807, 2.05) is 12.3 Å². The fourth-order valence-corrected chi connectivity index (χ4v) is 1.47. The van der Waals surface area contributed by atoms with Gasteiger partial charge in [-0.15, -0.1) is 0 Å². The van der Waals surface area contributed by atoms with Crippen molar-refractivity contribution in [2.75, 3.05) is 26.9 Å². The third-order valence-electron chi connectivity index (χ3n) is 2.45. The first-order valence-corrected chi connectivity index (χ1v) is 6.43. The van der Waals surface area contributed by atoms with E-state index in [1.165, 1.54) is 5.56 Å². The second-order valence-corrected chi connectivity index (χ2v) is 4.73. The van der Waals surface area contributed by atoms with Gasteiger partial charge >= 0.3 is 0 Å². The Balaban J connectivity index is 2.24. The maximum atomic E-state index is 5.41. The molecule has 1 heterocycles. The average molecular weight is 252 g/mol. The van der Waals surface area contributed by atoms with Crippen LogP contribution in [0.2, 0.25) is 0 Å². The molecule has 1 N–H and O–H groups in total. The van der Waals surface area contributed by atoms with E-state index < -0.39 is 0 Å². The highest BCUT2D eigenvalue weighted by molar-refractivity contribution is 5.13. The molecule has 0 amide bonds. The first-order valence-electron chi connectivity index (χ1n) is 6.43. The Labute approximate surface area is 110 Å². The molecule has 102 valence electrons. The molecule has 0 atom stereocenters. The van der Waals surface area contributed by atoms with Crippen LogP contribution in [-0.4, -0.2) is 31.9 Å². The van der Waals surface area contributed by atoms with Crippen molar-refractivity contribution >= 4 is 0 Å². The van der Waals surface area contributed by atoms with Crippen molar-refractivity contribution in [1.82, 2.24) is 10.3 Å². The Hall–Kier alpha value is -0.970. The smallest absolute Gasteiger partial charge is 0.0889 e. The highest BCUT2D eigenvalue weighted by Gasteiger charge is 1.98. The number of aromatic nitrogens is 1. The van der Waals surface area contributed by atoms with E-state index in [4.69, 9.17) is 9.47 Å². The summed E-state index contributed by atoms with van der Waals surface area (Å²) in [6.07, 6.45) is 1.91. The van der Waals surface area contributed by atoms with Gasteiger partial charge in [0.05, 0.1) is 25.5 Å². The van der Waals surface area contributed by atoms with E-state index in [1.54, 1.807) is 7.11 Å². The van der Waals surface area contributed by atoms with Crippen molar-refractivity contribution in [2.24, 2.45) is 5.92 Å². The third kappa shape index (κ3) is 6.69. The van der Waals surface area contributed by atoms with Crippen molar-refractivity contribution in [3.05, 3.63) is 29.6 Å². The summed E-state index contributed by atoms with van der Waals surface area (Å²) in [5.41, 5.74) is 2.16. The Bertz CT molecular complexity index is 312. The van der Waals surface area contributed by atoms with Crippen LogP contribution < -0.4 is 5.32 Å². The molecule has 4 nitrogen and oxygen atoms in total. The number of methoxy groups -OCH3 is 1. The van der Waals surface area contributed by atoms with Gasteiger partial charge in [0.2, 0.25) is 0 Å². The molecule has 1 aromatic rings. The summed E-state index contributed by atoms with van der Waals surface area (Å²) in [4.78, 5) is 4.37. The van der Waals surface area contributed by atoms with Gasteiger partial charge in [-0.2, -0.15) is 0 Å². The molecule has 4 heteroatoms. The van der Waals surface area contributed by atoms with Gasteiger partial charge < -0.3 is 14.8 Å². The Kier molecular flexibility index (Phi) is 7.57. The molecule has 1 rings (SSSR count). The number of nitrogens with one attached hydrogen (secondary N) is 1. The van der Waals surface area contributed by atoms with E-state index in [2.05, 4.69) is 30.2 Å². The van der Waals surface area contributed by atoms with Crippen molar-refractivity contribution in [2.45, 2.75) is 27.0 Å². The zero-order valence-corrected chi connectivity index (χ0v) is 11.6. The summed E-state index contributed by atoms with van der Waals surface area (Å²) in [6, 6.07) is 4.11. The number of hydrogen-bond donors (Lipinski definition) is 1. The van der Waals surface area contributed by atoms with Crippen molar-refractivity contribution in [3.8, 4) is 0 Å². The summed E-state index contributed by atoms with van der Waals surface area (Å²) in [7, 11) is 1.67. The number of rotatable bonds is 9. The van der Waals surface area contributed by atoms with Gasteiger partial charge in [0.15, 0.2) is 0 Å². The maximum absolute atomic E-state index is 5.41. The van der Waals surface area contributed by atoms with Gasteiger partial charge in [-0.1, -0.05) is 19.9 Å². The predicted octanol–water partition coefficient (Wildman–Crippen LogP) is 1.99. The fraction of sp³-hybridized carbons (Fsp3) is 0.643. The molecule has 0 saturated heterocycles. The highest BCUT2D eigenvalue weighted by Crippen LogP contribution is 2.02. The van der Waals surface area contributed by atoms with Gasteiger partial charge in [0.25, 0.3) is 0 Å². The molecule has 1 aromatic heterocycles. The molecular formula is C14H24N2O2. The van der Waals surface area contributed by atoms with E-state index in [0.717, 1.165) is 18.8 Å². The summed E-state index contributed by atoms with van der Waals surface area (Å²) in [5, 5.41) is 3.39. The molecule has 0 aromatic carbocycles.